The summed E-state index contributed by atoms with van der Waals surface area (Å²) in [5, 5.41) is 0. The maximum absolute atomic E-state index is 2.47. The first-order valence-electron chi connectivity index (χ1n) is 6.04. The fourth-order valence-corrected chi connectivity index (χ4v) is 3.41. The van der Waals surface area contributed by atoms with E-state index in [2.05, 4.69) is 53.2 Å². The van der Waals surface area contributed by atoms with Gasteiger partial charge in [-0.15, -0.1) is 0 Å². The first-order chi connectivity index (χ1) is 7.95. The van der Waals surface area contributed by atoms with Crippen molar-refractivity contribution in [1.29, 1.82) is 0 Å². The Labute approximate surface area is 95.4 Å². The third-order valence-electron chi connectivity index (χ3n) is 4.07. The van der Waals surface area contributed by atoms with Crippen LogP contribution in [-0.4, -0.2) is 0 Å². The van der Waals surface area contributed by atoms with Crippen molar-refractivity contribution in [1.82, 2.24) is 0 Å². The summed E-state index contributed by atoms with van der Waals surface area (Å²) in [4.78, 5) is 0. The molecule has 3 heterocycles. The van der Waals surface area contributed by atoms with Gasteiger partial charge < -0.3 is 0 Å². The van der Waals surface area contributed by atoms with Gasteiger partial charge in [0.15, 0.2) is 17.9 Å². The number of hydrogen-bond donors (Lipinski definition) is 0. The standard InChI is InChI=1S/C15H14N/c1-2-6-12-11(5-1)13-8-9-15(12)16-10-4-3-7-14(13)16/h1-7,10,13,15H,8-9H2/q+1/t13-,15+/m0/s1. The lowest BCUT2D eigenvalue weighted by Crippen LogP contribution is -2.51. The van der Waals surface area contributed by atoms with Crippen LogP contribution in [0.3, 0.4) is 0 Å². The quantitative estimate of drug-likeness (QED) is 0.586. The van der Waals surface area contributed by atoms with Gasteiger partial charge in [0.25, 0.3) is 0 Å². The van der Waals surface area contributed by atoms with Gasteiger partial charge in [-0.3, -0.25) is 0 Å². The van der Waals surface area contributed by atoms with Gasteiger partial charge in [0, 0.05) is 24.1 Å². The summed E-state index contributed by atoms with van der Waals surface area (Å²) in [7, 11) is 0. The molecule has 0 saturated carbocycles. The highest BCUT2D eigenvalue weighted by atomic mass is 15.0. The molecule has 2 atom stereocenters. The number of benzene rings is 1. The molecule has 1 aromatic carbocycles. The zero-order valence-corrected chi connectivity index (χ0v) is 9.13. The number of pyridine rings is 1. The molecule has 0 fully saturated rings. The molecule has 0 saturated heterocycles. The van der Waals surface area contributed by atoms with E-state index in [1.165, 1.54) is 18.5 Å². The van der Waals surface area contributed by atoms with Crippen LogP contribution in [0.15, 0.2) is 48.7 Å². The first-order valence-corrected chi connectivity index (χ1v) is 6.04. The smallest absolute Gasteiger partial charge is 0.189 e. The Morgan fingerprint density at radius 2 is 1.69 bits per heavy atom. The van der Waals surface area contributed by atoms with Crippen LogP contribution in [0.1, 0.15) is 41.6 Å². The minimum atomic E-state index is 0.581. The number of rotatable bonds is 0. The van der Waals surface area contributed by atoms with E-state index in [1.54, 1.807) is 11.1 Å². The van der Waals surface area contributed by atoms with E-state index >= 15 is 0 Å². The van der Waals surface area contributed by atoms with E-state index in [1.807, 2.05) is 0 Å². The lowest BCUT2D eigenvalue weighted by Gasteiger charge is -2.34. The molecule has 16 heavy (non-hydrogen) atoms. The van der Waals surface area contributed by atoms with Crippen molar-refractivity contribution < 1.29 is 4.57 Å². The summed E-state index contributed by atoms with van der Waals surface area (Å²) in [6, 6.07) is 16.1. The van der Waals surface area contributed by atoms with E-state index in [0.29, 0.717) is 12.0 Å². The maximum atomic E-state index is 2.47. The summed E-state index contributed by atoms with van der Waals surface area (Å²) in [6.45, 7) is 0. The van der Waals surface area contributed by atoms with Crippen molar-refractivity contribution in [3.05, 3.63) is 65.5 Å². The molecule has 0 N–H and O–H groups in total. The molecule has 3 aliphatic rings. The summed E-state index contributed by atoms with van der Waals surface area (Å²) in [6.07, 6.45) is 4.84. The number of nitrogens with zero attached hydrogens (tertiary/aromatic N) is 1. The van der Waals surface area contributed by atoms with Gasteiger partial charge >= 0.3 is 0 Å². The van der Waals surface area contributed by atoms with Gasteiger partial charge in [-0.05, 0) is 12.0 Å². The third kappa shape index (κ3) is 0.934. The maximum Gasteiger partial charge on any atom is 0.189 e. The Balaban J connectivity index is 2.04. The molecular formula is C15H14N+. The molecule has 1 aromatic heterocycles. The highest BCUT2D eigenvalue weighted by molar-refractivity contribution is 5.40. The second-order valence-corrected chi connectivity index (χ2v) is 4.81. The van der Waals surface area contributed by atoms with E-state index in [4.69, 9.17) is 0 Å². The zero-order valence-electron chi connectivity index (χ0n) is 9.13. The average molecular weight is 208 g/mol. The number of aromatic nitrogens is 1. The lowest BCUT2D eigenvalue weighted by atomic mass is 9.74. The fraction of sp³-hybridized carbons (Fsp3) is 0.267. The van der Waals surface area contributed by atoms with Gasteiger partial charge in [-0.1, -0.05) is 30.3 Å². The van der Waals surface area contributed by atoms with Crippen molar-refractivity contribution in [2.24, 2.45) is 0 Å². The van der Waals surface area contributed by atoms with Crippen LogP contribution in [0.4, 0.5) is 0 Å². The van der Waals surface area contributed by atoms with Gasteiger partial charge in [-0.25, -0.2) is 0 Å². The predicted octanol–water partition coefficient (Wildman–Crippen LogP) is 2.80. The van der Waals surface area contributed by atoms with Crippen LogP contribution in [0.25, 0.3) is 0 Å². The SMILES string of the molecule is c1ccc2c(c1)[C@@H]1CC[C@H]2[n+]2ccccc21. The molecule has 1 aliphatic carbocycles. The number of fused-ring (bicyclic) bond motifs is 1. The Morgan fingerprint density at radius 1 is 0.875 bits per heavy atom. The lowest BCUT2D eigenvalue weighted by molar-refractivity contribution is -0.730. The molecule has 2 aromatic rings. The minimum absolute atomic E-state index is 0.581. The number of hydrogen-bond acceptors (Lipinski definition) is 0. The van der Waals surface area contributed by atoms with E-state index in [0.717, 1.165) is 0 Å². The van der Waals surface area contributed by atoms with Crippen LogP contribution < -0.4 is 4.57 Å². The predicted molar refractivity (Wildman–Crippen MR) is 62.3 cm³/mol. The highest BCUT2D eigenvalue weighted by Crippen LogP contribution is 2.44. The van der Waals surface area contributed by atoms with Crippen LogP contribution in [-0.2, 0) is 0 Å². The van der Waals surface area contributed by atoms with Crippen molar-refractivity contribution in [3.8, 4) is 0 Å². The topological polar surface area (TPSA) is 3.88 Å². The largest absolute Gasteiger partial charge is 0.195 e. The first kappa shape index (κ1) is 8.51. The Bertz CT molecular complexity index is 461. The van der Waals surface area contributed by atoms with Crippen LogP contribution in [0, 0.1) is 0 Å². The second-order valence-electron chi connectivity index (χ2n) is 4.81. The van der Waals surface area contributed by atoms with Crippen LogP contribution >= 0.6 is 0 Å². The molecule has 0 radical (unpaired) electrons. The molecule has 0 unspecified atom stereocenters. The molecule has 1 nitrogen and oxygen atoms in total. The van der Waals surface area contributed by atoms with Gasteiger partial charge in [0.2, 0.25) is 0 Å². The molecule has 2 bridgehead atoms. The molecule has 2 aliphatic heterocycles. The monoisotopic (exact) mass is 208 g/mol. The second kappa shape index (κ2) is 2.94. The summed E-state index contributed by atoms with van der Waals surface area (Å²) in [5.74, 6) is 0.627. The molecule has 0 amide bonds. The molecule has 0 spiro atoms. The third-order valence-corrected chi connectivity index (χ3v) is 4.07. The normalized spacial score (nSPS) is 25.0. The van der Waals surface area contributed by atoms with Crippen molar-refractivity contribution in [3.63, 3.8) is 0 Å². The van der Waals surface area contributed by atoms with Gasteiger partial charge in [0.05, 0.1) is 5.92 Å². The van der Waals surface area contributed by atoms with Gasteiger partial charge in [-0.2, -0.15) is 4.57 Å². The molecular weight excluding hydrogens is 194 g/mol. The fourth-order valence-electron chi connectivity index (χ4n) is 3.41. The summed E-state index contributed by atoms with van der Waals surface area (Å²) >= 11 is 0. The molecule has 78 valence electrons. The highest BCUT2D eigenvalue weighted by Gasteiger charge is 2.42. The van der Waals surface area contributed by atoms with Crippen molar-refractivity contribution in [2.45, 2.75) is 24.8 Å². The van der Waals surface area contributed by atoms with Gasteiger partial charge in [0.1, 0.15) is 0 Å². The Hall–Kier alpha value is -1.63. The van der Waals surface area contributed by atoms with E-state index in [9.17, 15) is 0 Å². The van der Waals surface area contributed by atoms with Crippen LogP contribution in [0.5, 0.6) is 0 Å². The summed E-state index contributed by atoms with van der Waals surface area (Å²) in [5.41, 5.74) is 4.60. The zero-order chi connectivity index (χ0) is 10.5. The average Bonchev–Trinajstić information content (AvgIpc) is 2.40. The summed E-state index contributed by atoms with van der Waals surface area (Å²) < 4.78 is 2.47. The Morgan fingerprint density at radius 3 is 2.62 bits per heavy atom. The van der Waals surface area contributed by atoms with Crippen molar-refractivity contribution >= 4 is 0 Å². The van der Waals surface area contributed by atoms with Crippen LogP contribution in [0.2, 0.25) is 0 Å². The minimum Gasteiger partial charge on any atom is -0.195 e. The van der Waals surface area contributed by atoms with Crippen molar-refractivity contribution in [2.75, 3.05) is 0 Å². The molecule has 5 rings (SSSR count). The van der Waals surface area contributed by atoms with E-state index < -0.39 is 0 Å². The van der Waals surface area contributed by atoms with E-state index in [-0.39, 0.29) is 0 Å². The Kier molecular flexibility index (Phi) is 1.57. The molecule has 1 heteroatoms.